The van der Waals surface area contributed by atoms with Crippen LogP contribution < -0.4 is 11.1 Å². The van der Waals surface area contributed by atoms with Crippen LogP contribution in [0.15, 0.2) is 24.3 Å². The molecule has 0 aliphatic rings. The monoisotopic (exact) mass is 307 g/mol. The average Bonchev–Trinajstić information content (AvgIpc) is 2.44. The molecule has 1 amide bonds. The molecular weight excluding hydrogens is 282 g/mol. The molecule has 0 saturated carbocycles. The van der Waals surface area contributed by atoms with Crippen molar-refractivity contribution in [1.82, 2.24) is 4.90 Å². The van der Waals surface area contributed by atoms with Crippen molar-refractivity contribution in [3.8, 4) is 0 Å². The van der Waals surface area contributed by atoms with Gasteiger partial charge in [0.2, 0.25) is 5.91 Å². The summed E-state index contributed by atoms with van der Waals surface area (Å²) in [7, 11) is 2.05. The lowest BCUT2D eigenvalue weighted by Crippen LogP contribution is -2.35. The number of benzene rings is 1. The van der Waals surface area contributed by atoms with Crippen LogP contribution in [-0.4, -0.2) is 35.4 Å². The summed E-state index contributed by atoms with van der Waals surface area (Å²) in [6.07, 6.45) is 0.463. The van der Waals surface area contributed by atoms with Crippen LogP contribution in [0.3, 0.4) is 0 Å². The van der Waals surface area contributed by atoms with Gasteiger partial charge in [0.15, 0.2) is 0 Å². The van der Waals surface area contributed by atoms with E-state index in [9.17, 15) is 4.79 Å². The number of thiocarbonyl (C=S) groups is 1. The van der Waals surface area contributed by atoms with Crippen LogP contribution in [0.1, 0.15) is 32.8 Å². The highest BCUT2D eigenvalue weighted by Crippen LogP contribution is 2.12. The Hall–Kier alpha value is -1.46. The zero-order valence-electron chi connectivity index (χ0n) is 13.2. The predicted molar refractivity (Wildman–Crippen MR) is 92.5 cm³/mol. The number of carbonyl (C=O) groups is 1. The summed E-state index contributed by atoms with van der Waals surface area (Å²) in [6.45, 7) is 7.28. The second kappa shape index (κ2) is 8.10. The molecule has 116 valence electrons. The number of amides is 1. The lowest BCUT2D eigenvalue weighted by Gasteiger charge is -2.27. The van der Waals surface area contributed by atoms with E-state index in [1.807, 2.05) is 25.2 Å². The number of hydrogen-bond acceptors (Lipinski definition) is 3. The molecule has 1 aromatic carbocycles. The molecule has 1 aromatic rings. The Morgan fingerprint density at radius 1 is 1.38 bits per heavy atom. The fourth-order valence-corrected chi connectivity index (χ4v) is 2.09. The molecule has 0 aliphatic carbocycles. The quantitative estimate of drug-likeness (QED) is 0.760. The molecule has 1 unspecified atom stereocenters. The second-order valence-corrected chi connectivity index (χ2v) is 6.15. The van der Waals surface area contributed by atoms with Crippen molar-refractivity contribution in [3.63, 3.8) is 0 Å². The third kappa shape index (κ3) is 5.81. The van der Waals surface area contributed by atoms with Gasteiger partial charge in [0.05, 0.1) is 0 Å². The minimum absolute atomic E-state index is 0.00195. The Morgan fingerprint density at radius 2 is 2.05 bits per heavy atom. The van der Waals surface area contributed by atoms with Gasteiger partial charge in [0, 0.05) is 30.3 Å². The minimum Gasteiger partial charge on any atom is -0.389 e. The molecule has 0 bridgehead atoms. The SMILES string of the molecule is CC(C)C(C)N(C)CCC(=O)Nc1cccc(C(N)=S)c1. The van der Waals surface area contributed by atoms with Crippen molar-refractivity contribution in [3.05, 3.63) is 29.8 Å². The second-order valence-electron chi connectivity index (χ2n) is 5.71. The molecular formula is C16H25N3OS. The van der Waals surface area contributed by atoms with Gasteiger partial charge in [-0.2, -0.15) is 0 Å². The van der Waals surface area contributed by atoms with Gasteiger partial charge in [-0.05, 0) is 32.0 Å². The molecule has 21 heavy (non-hydrogen) atoms. The molecule has 0 aromatic heterocycles. The number of hydrogen-bond donors (Lipinski definition) is 2. The van der Waals surface area contributed by atoms with E-state index in [2.05, 4.69) is 31.0 Å². The maximum absolute atomic E-state index is 12.0. The topological polar surface area (TPSA) is 58.4 Å². The van der Waals surface area contributed by atoms with Crippen LogP contribution in [0.25, 0.3) is 0 Å². The number of nitrogens with two attached hydrogens (primary N) is 1. The summed E-state index contributed by atoms with van der Waals surface area (Å²) in [6, 6.07) is 7.74. The van der Waals surface area contributed by atoms with Gasteiger partial charge in [-0.1, -0.05) is 38.2 Å². The Labute approximate surface area is 132 Å². The molecule has 4 nitrogen and oxygen atoms in total. The van der Waals surface area contributed by atoms with Crippen LogP contribution >= 0.6 is 12.2 Å². The number of anilines is 1. The van der Waals surface area contributed by atoms with Gasteiger partial charge in [-0.25, -0.2) is 0 Å². The molecule has 0 saturated heterocycles. The first-order valence-corrected chi connectivity index (χ1v) is 7.62. The normalized spacial score (nSPS) is 12.5. The molecule has 0 spiro atoms. The van der Waals surface area contributed by atoms with Gasteiger partial charge in [-0.15, -0.1) is 0 Å². The highest BCUT2D eigenvalue weighted by atomic mass is 32.1. The molecule has 3 N–H and O–H groups in total. The van der Waals surface area contributed by atoms with E-state index in [4.69, 9.17) is 18.0 Å². The number of nitrogens with zero attached hydrogens (tertiary/aromatic N) is 1. The van der Waals surface area contributed by atoms with Crippen molar-refractivity contribution in [2.45, 2.75) is 33.2 Å². The first kappa shape index (κ1) is 17.6. The zero-order chi connectivity index (χ0) is 16.0. The first-order valence-electron chi connectivity index (χ1n) is 7.21. The molecule has 0 radical (unpaired) electrons. The number of carbonyl (C=O) groups excluding carboxylic acids is 1. The van der Waals surface area contributed by atoms with E-state index in [1.165, 1.54) is 0 Å². The third-order valence-corrected chi connectivity index (χ3v) is 4.02. The van der Waals surface area contributed by atoms with Crippen molar-refractivity contribution in [1.29, 1.82) is 0 Å². The average molecular weight is 307 g/mol. The summed E-state index contributed by atoms with van der Waals surface area (Å²) in [5, 5.41) is 2.88. The van der Waals surface area contributed by atoms with Gasteiger partial charge in [0.25, 0.3) is 0 Å². The highest BCUT2D eigenvalue weighted by molar-refractivity contribution is 7.80. The fourth-order valence-electron chi connectivity index (χ4n) is 1.96. The maximum atomic E-state index is 12.0. The smallest absolute Gasteiger partial charge is 0.225 e. The van der Waals surface area contributed by atoms with Crippen molar-refractivity contribution < 1.29 is 4.79 Å². The Morgan fingerprint density at radius 3 is 2.62 bits per heavy atom. The lowest BCUT2D eigenvalue weighted by molar-refractivity contribution is -0.116. The van der Waals surface area contributed by atoms with Gasteiger partial charge < -0.3 is 16.0 Å². The lowest BCUT2D eigenvalue weighted by atomic mass is 10.1. The molecule has 1 rings (SSSR count). The van der Waals surface area contributed by atoms with Crippen molar-refractivity contribution >= 4 is 28.8 Å². The van der Waals surface area contributed by atoms with Crippen molar-refractivity contribution in [2.75, 3.05) is 18.9 Å². The Balaban J connectivity index is 2.51. The Bertz CT molecular complexity index is 502. The number of nitrogens with one attached hydrogen (secondary N) is 1. The minimum atomic E-state index is -0.00195. The molecule has 0 fully saturated rings. The van der Waals surface area contributed by atoms with E-state index in [1.54, 1.807) is 6.07 Å². The van der Waals surface area contributed by atoms with E-state index in [0.29, 0.717) is 23.4 Å². The Kier molecular flexibility index (Phi) is 6.78. The largest absolute Gasteiger partial charge is 0.389 e. The summed E-state index contributed by atoms with van der Waals surface area (Å²) in [5.41, 5.74) is 7.07. The highest BCUT2D eigenvalue weighted by Gasteiger charge is 2.14. The standard InChI is InChI=1S/C16H25N3OS/c1-11(2)12(3)19(4)9-8-15(20)18-14-7-5-6-13(10-14)16(17)21/h5-7,10-12H,8-9H2,1-4H3,(H2,17,21)(H,18,20). The van der Waals surface area contributed by atoms with Gasteiger partial charge >= 0.3 is 0 Å². The van der Waals surface area contributed by atoms with Crippen molar-refractivity contribution in [2.24, 2.45) is 11.7 Å². The van der Waals surface area contributed by atoms with E-state index >= 15 is 0 Å². The van der Waals surface area contributed by atoms with E-state index in [0.717, 1.165) is 17.8 Å². The summed E-state index contributed by atoms with van der Waals surface area (Å²) in [4.78, 5) is 14.5. The molecule has 0 aliphatic heterocycles. The predicted octanol–water partition coefficient (Wildman–Crippen LogP) is 2.63. The van der Waals surface area contributed by atoms with Crippen LogP contribution in [0.4, 0.5) is 5.69 Å². The van der Waals surface area contributed by atoms with Crippen LogP contribution in [0, 0.1) is 5.92 Å². The van der Waals surface area contributed by atoms with Gasteiger partial charge in [-0.3, -0.25) is 4.79 Å². The first-order chi connectivity index (χ1) is 9.81. The fraction of sp³-hybridized carbons (Fsp3) is 0.500. The van der Waals surface area contributed by atoms with E-state index in [-0.39, 0.29) is 5.91 Å². The van der Waals surface area contributed by atoms with Gasteiger partial charge in [0.1, 0.15) is 4.99 Å². The number of rotatable bonds is 7. The zero-order valence-corrected chi connectivity index (χ0v) is 14.0. The maximum Gasteiger partial charge on any atom is 0.225 e. The van der Waals surface area contributed by atoms with Crippen LogP contribution in [-0.2, 0) is 4.79 Å². The third-order valence-electron chi connectivity index (χ3n) is 3.78. The summed E-state index contributed by atoms with van der Waals surface area (Å²) in [5.74, 6) is 0.568. The van der Waals surface area contributed by atoms with Crippen LogP contribution in [0.2, 0.25) is 0 Å². The molecule has 0 heterocycles. The molecule has 5 heteroatoms. The van der Waals surface area contributed by atoms with E-state index < -0.39 is 0 Å². The van der Waals surface area contributed by atoms with Crippen LogP contribution in [0.5, 0.6) is 0 Å². The molecule has 1 atom stereocenters. The summed E-state index contributed by atoms with van der Waals surface area (Å²) >= 11 is 4.93. The summed E-state index contributed by atoms with van der Waals surface area (Å²) < 4.78 is 0.